The minimum absolute atomic E-state index is 0.124. The highest BCUT2D eigenvalue weighted by Crippen LogP contribution is 2.50. The third-order valence-electron chi connectivity index (χ3n) is 5.51. The van der Waals surface area contributed by atoms with E-state index in [1.807, 2.05) is 19.2 Å². The normalized spacial score (nSPS) is 20.3. The lowest BCUT2D eigenvalue weighted by Gasteiger charge is -2.31. The first-order valence-corrected chi connectivity index (χ1v) is 9.20. The smallest absolute Gasteiger partial charge is 0.416 e. The molecule has 1 fully saturated rings. The SMILES string of the molecule is COc1cc(C(F)(F)F)cc(C2CC2)c1C1c2ccncc2C(N)=CCN1C. The van der Waals surface area contributed by atoms with Gasteiger partial charge in [-0.1, -0.05) is 0 Å². The fourth-order valence-corrected chi connectivity index (χ4v) is 3.96. The van der Waals surface area contributed by atoms with Crippen LogP contribution in [0.3, 0.4) is 0 Å². The average Bonchev–Trinajstić information content (AvgIpc) is 3.51. The second kappa shape index (κ2) is 6.81. The second-order valence-corrected chi connectivity index (χ2v) is 7.42. The Labute approximate surface area is 161 Å². The molecule has 7 heteroatoms. The van der Waals surface area contributed by atoms with E-state index in [1.54, 1.807) is 12.4 Å². The van der Waals surface area contributed by atoms with Crippen LogP contribution in [0.25, 0.3) is 5.70 Å². The molecule has 0 radical (unpaired) electrons. The van der Waals surface area contributed by atoms with Gasteiger partial charge in [0.25, 0.3) is 0 Å². The molecule has 28 heavy (non-hydrogen) atoms. The molecule has 0 saturated heterocycles. The number of fused-ring (bicyclic) bond motifs is 1. The molecule has 4 rings (SSSR count). The summed E-state index contributed by atoms with van der Waals surface area (Å²) in [5, 5.41) is 0. The van der Waals surface area contributed by atoms with Gasteiger partial charge in [0.05, 0.1) is 18.7 Å². The number of aromatic nitrogens is 1. The first kappa shape index (κ1) is 18.8. The molecule has 2 aromatic rings. The van der Waals surface area contributed by atoms with Crippen LogP contribution in [0.1, 0.15) is 52.6 Å². The lowest BCUT2D eigenvalue weighted by molar-refractivity contribution is -0.137. The van der Waals surface area contributed by atoms with Gasteiger partial charge in [-0.2, -0.15) is 13.2 Å². The van der Waals surface area contributed by atoms with Crippen LogP contribution in [0, 0.1) is 0 Å². The number of pyridine rings is 1. The summed E-state index contributed by atoms with van der Waals surface area (Å²) >= 11 is 0. The van der Waals surface area contributed by atoms with Gasteiger partial charge in [-0.05, 0) is 61.2 Å². The Morgan fingerprint density at radius 2 is 1.96 bits per heavy atom. The Kier molecular flexibility index (Phi) is 4.57. The topological polar surface area (TPSA) is 51.4 Å². The third-order valence-corrected chi connectivity index (χ3v) is 5.51. The summed E-state index contributed by atoms with van der Waals surface area (Å²) in [6.45, 7) is 0.569. The maximum absolute atomic E-state index is 13.5. The molecule has 1 aliphatic carbocycles. The lowest BCUT2D eigenvalue weighted by atomic mass is 9.87. The van der Waals surface area contributed by atoms with Crippen LogP contribution in [0.15, 0.2) is 36.7 Å². The average molecular weight is 389 g/mol. The molecule has 1 aromatic heterocycles. The maximum Gasteiger partial charge on any atom is 0.416 e. The van der Waals surface area contributed by atoms with Crippen LogP contribution >= 0.6 is 0 Å². The van der Waals surface area contributed by atoms with Gasteiger partial charge in [-0.15, -0.1) is 0 Å². The number of likely N-dealkylation sites (N-methyl/N-ethyl adjacent to an activating group) is 1. The van der Waals surface area contributed by atoms with E-state index in [4.69, 9.17) is 10.5 Å². The number of alkyl halides is 3. The van der Waals surface area contributed by atoms with Gasteiger partial charge in [0.2, 0.25) is 0 Å². The molecule has 1 aromatic carbocycles. The van der Waals surface area contributed by atoms with Gasteiger partial charge in [-0.25, -0.2) is 0 Å². The van der Waals surface area contributed by atoms with E-state index in [2.05, 4.69) is 9.88 Å². The van der Waals surface area contributed by atoms with Gasteiger partial charge in [0, 0.05) is 35.8 Å². The van der Waals surface area contributed by atoms with Gasteiger partial charge >= 0.3 is 6.18 Å². The summed E-state index contributed by atoms with van der Waals surface area (Å²) < 4.78 is 45.9. The Balaban J connectivity index is 1.97. The van der Waals surface area contributed by atoms with Crippen molar-refractivity contribution in [2.24, 2.45) is 5.73 Å². The molecule has 4 nitrogen and oxygen atoms in total. The largest absolute Gasteiger partial charge is 0.496 e. The molecule has 1 aliphatic heterocycles. The summed E-state index contributed by atoms with van der Waals surface area (Å²) in [6, 6.07) is 4.02. The molecule has 0 spiro atoms. The number of nitrogens with two attached hydrogens (primary N) is 1. The number of benzene rings is 1. The van der Waals surface area contributed by atoms with Crippen molar-refractivity contribution in [3.05, 3.63) is 64.5 Å². The first-order valence-electron chi connectivity index (χ1n) is 9.20. The Morgan fingerprint density at radius 1 is 1.21 bits per heavy atom. The minimum atomic E-state index is -4.42. The van der Waals surface area contributed by atoms with Gasteiger partial charge < -0.3 is 10.5 Å². The molecule has 2 heterocycles. The molecule has 0 bridgehead atoms. The van der Waals surface area contributed by atoms with E-state index < -0.39 is 11.7 Å². The number of methoxy groups -OCH3 is 1. The van der Waals surface area contributed by atoms with Crippen molar-refractivity contribution in [1.29, 1.82) is 0 Å². The van der Waals surface area contributed by atoms with Gasteiger partial charge in [-0.3, -0.25) is 9.88 Å². The highest BCUT2D eigenvalue weighted by atomic mass is 19.4. The zero-order valence-electron chi connectivity index (χ0n) is 15.8. The van der Waals surface area contributed by atoms with Crippen LogP contribution in [0.2, 0.25) is 0 Å². The predicted molar refractivity (Wildman–Crippen MR) is 101 cm³/mol. The minimum Gasteiger partial charge on any atom is -0.496 e. The number of nitrogens with zero attached hydrogens (tertiary/aromatic N) is 2. The predicted octanol–water partition coefficient (Wildman–Crippen LogP) is 4.32. The van der Waals surface area contributed by atoms with Crippen molar-refractivity contribution in [3.63, 3.8) is 0 Å². The van der Waals surface area contributed by atoms with Gasteiger partial charge in [0.15, 0.2) is 0 Å². The summed E-state index contributed by atoms with van der Waals surface area (Å²) in [4.78, 5) is 6.26. The molecule has 2 aliphatic rings. The zero-order valence-corrected chi connectivity index (χ0v) is 15.8. The van der Waals surface area contributed by atoms with Crippen LogP contribution in [-0.4, -0.2) is 30.6 Å². The van der Waals surface area contributed by atoms with Crippen molar-refractivity contribution >= 4 is 5.70 Å². The van der Waals surface area contributed by atoms with Gasteiger partial charge in [0.1, 0.15) is 5.75 Å². The van der Waals surface area contributed by atoms with E-state index in [0.717, 1.165) is 35.6 Å². The summed E-state index contributed by atoms with van der Waals surface area (Å²) in [5.74, 6) is 0.384. The number of rotatable bonds is 3. The standard InChI is InChI=1S/C21H22F3N3O/c1-27-8-6-17(25)16-11-26-7-5-14(16)20(27)19-15(12-3-4-12)9-13(21(22,23)24)10-18(19)28-2/h5-7,9-12,20H,3-4,8,25H2,1-2H3. The molecular formula is C21H22F3N3O. The Bertz CT molecular complexity index is 935. The fourth-order valence-electron chi connectivity index (χ4n) is 3.96. The van der Waals surface area contributed by atoms with Crippen molar-refractivity contribution in [3.8, 4) is 5.75 Å². The maximum atomic E-state index is 13.5. The van der Waals surface area contributed by atoms with Crippen LogP contribution in [-0.2, 0) is 6.18 Å². The molecule has 2 N–H and O–H groups in total. The number of ether oxygens (including phenoxy) is 1. The first-order chi connectivity index (χ1) is 13.3. The van der Waals surface area contributed by atoms with E-state index in [-0.39, 0.29) is 17.7 Å². The quantitative estimate of drug-likeness (QED) is 0.849. The van der Waals surface area contributed by atoms with E-state index >= 15 is 0 Å². The highest BCUT2D eigenvalue weighted by Gasteiger charge is 2.39. The molecule has 148 valence electrons. The zero-order chi connectivity index (χ0) is 20.1. The van der Waals surface area contributed by atoms with E-state index in [9.17, 15) is 13.2 Å². The molecular weight excluding hydrogens is 367 g/mol. The van der Waals surface area contributed by atoms with Crippen molar-refractivity contribution in [2.75, 3.05) is 20.7 Å². The molecule has 1 atom stereocenters. The van der Waals surface area contributed by atoms with Crippen LogP contribution in [0.5, 0.6) is 5.75 Å². The van der Waals surface area contributed by atoms with E-state index in [0.29, 0.717) is 17.8 Å². The molecule has 1 saturated carbocycles. The Hall–Kier alpha value is -2.54. The van der Waals surface area contributed by atoms with Crippen molar-refractivity contribution < 1.29 is 17.9 Å². The fraction of sp³-hybridized carbons (Fsp3) is 0.381. The third kappa shape index (κ3) is 3.24. The Morgan fingerprint density at radius 3 is 2.61 bits per heavy atom. The summed E-state index contributed by atoms with van der Waals surface area (Å²) in [7, 11) is 3.37. The van der Waals surface area contributed by atoms with Crippen molar-refractivity contribution in [1.82, 2.24) is 9.88 Å². The molecule has 0 amide bonds. The summed E-state index contributed by atoms with van der Waals surface area (Å²) in [5.41, 5.74) is 9.41. The number of halogens is 3. The summed E-state index contributed by atoms with van der Waals surface area (Å²) in [6.07, 6.45) is 2.66. The number of hydrogen-bond acceptors (Lipinski definition) is 4. The van der Waals surface area contributed by atoms with E-state index in [1.165, 1.54) is 13.2 Å². The number of hydrogen-bond donors (Lipinski definition) is 1. The molecule has 1 unspecified atom stereocenters. The van der Waals surface area contributed by atoms with Crippen LogP contribution in [0.4, 0.5) is 13.2 Å². The lowest BCUT2D eigenvalue weighted by Crippen LogP contribution is -2.27. The van der Waals surface area contributed by atoms with Crippen LogP contribution < -0.4 is 10.5 Å². The monoisotopic (exact) mass is 389 g/mol. The van der Waals surface area contributed by atoms with Crippen molar-refractivity contribution in [2.45, 2.75) is 31.0 Å². The highest BCUT2D eigenvalue weighted by molar-refractivity contribution is 5.68. The second-order valence-electron chi connectivity index (χ2n) is 7.42.